The number of hydrogen-bond donors (Lipinski definition) is 3. The highest BCUT2D eigenvalue weighted by Gasteiger charge is 2.19. The second-order valence-electron chi connectivity index (χ2n) is 9.61. The van der Waals surface area contributed by atoms with Crippen LogP contribution in [-0.4, -0.2) is 49.1 Å². The quantitative estimate of drug-likeness (QED) is 0.320. The third-order valence-electron chi connectivity index (χ3n) is 6.70. The molecule has 0 aliphatic carbocycles. The van der Waals surface area contributed by atoms with Gasteiger partial charge in [0.25, 0.3) is 0 Å². The molecule has 4 aromatic heterocycles. The summed E-state index contributed by atoms with van der Waals surface area (Å²) >= 11 is 0. The number of piperidine rings is 1. The van der Waals surface area contributed by atoms with Crippen LogP contribution >= 0.6 is 0 Å². The van der Waals surface area contributed by atoms with E-state index in [-0.39, 0.29) is 11.8 Å². The molecule has 5 aromatic rings. The van der Waals surface area contributed by atoms with Gasteiger partial charge in [0.1, 0.15) is 11.2 Å². The molecule has 3 N–H and O–H groups in total. The van der Waals surface area contributed by atoms with Gasteiger partial charge in [-0.15, -0.1) is 0 Å². The first-order valence-electron chi connectivity index (χ1n) is 12.4. The summed E-state index contributed by atoms with van der Waals surface area (Å²) in [6.45, 7) is 5.84. The molecule has 1 aliphatic rings. The van der Waals surface area contributed by atoms with E-state index in [1.54, 1.807) is 18.6 Å². The lowest BCUT2D eigenvalue weighted by molar-refractivity contribution is -0.118. The molecule has 36 heavy (non-hydrogen) atoms. The van der Waals surface area contributed by atoms with Crippen molar-refractivity contribution < 1.29 is 4.79 Å². The topological polar surface area (TPSA) is 115 Å². The van der Waals surface area contributed by atoms with Crippen molar-refractivity contribution in [3.63, 3.8) is 0 Å². The third-order valence-corrected chi connectivity index (χ3v) is 6.70. The van der Waals surface area contributed by atoms with Crippen LogP contribution < -0.4 is 10.2 Å². The largest absolute Gasteiger partial charge is 0.370 e. The van der Waals surface area contributed by atoms with Crippen LogP contribution in [0.1, 0.15) is 33.1 Å². The molecule has 0 radical (unpaired) electrons. The molecule has 0 bridgehead atoms. The van der Waals surface area contributed by atoms with Gasteiger partial charge in [-0.2, -0.15) is 5.10 Å². The van der Waals surface area contributed by atoms with Gasteiger partial charge in [0.05, 0.1) is 28.5 Å². The molecule has 1 aliphatic heterocycles. The number of carbonyl (C=O) groups excluding carboxylic acids is 1. The molecule has 0 atom stereocenters. The predicted octanol–water partition coefficient (Wildman–Crippen LogP) is 5.15. The van der Waals surface area contributed by atoms with E-state index in [9.17, 15) is 4.79 Å². The average Bonchev–Trinajstić information content (AvgIpc) is 3.53. The molecule has 182 valence electrons. The van der Waals surface area contributed by atoms with E-state index in [0.717, 1.165) is 52.2 Å². The zero-order valence-electron chi connectivity index (χ0n) is 20.4. The summed E-state index contributed by atoms with van der Waals surface area (Å²) in [6, 6.07) is 10.2. The lowest BCUT2D eigenvalue weighted by Crippen LogP contribution is -2.29. The number of nitrogens with one attached hydrogen (secondary N) is 3. The summed E-state index contributed by atoms with van der Waals surface area (Å²) in [4.78, 5) is 31.9. The summed E-state index contributed by atoms with van der Waals surface area (Å²) in [5.74, 6) is 0.569. The first-order chi connectivity index (χ1) is 17.6. The lowest BCUT2D eigenvalue weighted by atomic mass is 10.1. The molecule has 9 nitrogen and oxygen atoms in total. The van der Waals surface area contributed by atoms with Crippen LogP contribution in [0, 0.1) is 5.92 Å². The number of nitrogens with zero attached hydrogens (tertiary/aromatic N) is 5. The van der Waals surface area contributed by atoms with Gasteiger partial charge in [-0.1, -0.05) is 19.9 Å². The van der Waals surface area contributed by atoms with Crippen LogP contribution in [0.15, 0.2) is 48.9 Å². The van der Waals surface area contributed by atoms with E-state index in [4.69, 9.17) is 4.98 Å². The van der Waals surface area contributed by atoms with Gasteiger partial charge in [-0.3, -0.25) is 14.9 Å². The van der Waals surface area contributed by atoms with E-state index < -0.39 is 0 Å². The molecule has 5 heterocycles. The average molecular weight is 481 g/mol. The van der Waals surface area contributed by atoms with Crippen LogP contribution in [-0.2, 0) is 4.79 Å². The highest BCUT2D eigenvalue weighted by Crippen LogP contribution is 2.33. The number of rotatable bonds is 5. The smallest absolute Gasteiger partial charge is 0.226 e. The molecule has 0 spiro atoms. The number of H-pyrrole nitrogens is 2. The van der Waals surface area contributed by atoms with E-state index >= 15 is 0 Å². The van der Waals surface area contributed by atoms with E-state index in [1.807, 2.05) is 26.0 Å². The Morgan fingerprint density at radius 1 is 1.06 bits per heavy atom. The molecule has 1 aromatic carbocycles. The summed E-state index contributed by atoms with van der Waals surface area (Å²) in [6.07, 6.45) is 8.89. The standard InChI is InChI=1S/C27H28N8O/c1-16(2)27(36)30-19-11-17(13-28-15-19)18-12-20-23(33-34-25(20)29-14-18)26-31-21-7-6-8-22(24(21)32-26)35-9-4-3-5-10-35/h6-8,11-16H,3-5,9-10H2,1-2H3,(H,30,36)(H,31,32)(H,29,33,34). The predicted molar refractivity (Wildman–Crippen MR) is 142 cm³/mol. The Morgan fingerprint density at radius 2 is 1.89 bits per heavy atom. The van der Waals surface area contributed by atoms with Crippen LogP contribution in [0.3, 0.4) is 0 Å². The number of imidazole rings is 1. The summed E-state index contributed by atoms with van der Waals surface area (Å²) < 4.78 is 0. The number of aromatic nitrogens is 6. The number of aromatic amines is 2. The van der Waals surface area contributed by atoms with Crippen molar-refractivity contribution in [2.45, 2.75) is 33.1 Å². The maximum Gasteiger partial charge on any atom is 0.226 e. The Labute approximate surface area is 208 Å². The molecule has 6 rings (SSSR count). The van der Waals surface area contributed by atoms with E-state index in [0.29, 0.717) is 11.3 Å². The Balaban J connectivity index is 1.38. The monoisotopic (exact) mass is 480 g/mol. The van der Waals surface area contributed by atoms with E-state index in [2.05, 4.69) is 53.6 Å². The number of anilines is 2. The van der Waals surface area contributed by atoms with Gasteiger partial charge in [0, 0.05) is 42.5 Å². The zero-order valence-corrected chi connectivity index (χ0v) is 20.4. The molecule has 1 amide bonds. The van der Waals surface area contributed by atoms with Crippen LogP contribution in [0.5, 0.6) is 0 Å². The van der Waals surface area contributed by atoms with Gasteiger partial charge in [0.15, 0.2) is 11.5 Å². The summed E-state index contributed by atoms with van der Waals surface area (Å²) in [5.41, 5.74) is 6.93. The number of pyridine rings is 2. The normalized spacial score (nSPS) is 14.1. The third kappa shape index (κ3) is 4.06. The minimum Gasteiger partial charge on any atom is -0.370 e. The molecule has 0 unspecified atom stereocenters. The van der Waals surface area contributed by atoms with Crippen molar-refractivity contribution in [3.8, 4) is 22.6 Å². The van der Waals surface area contributed by atoms with Crippen molar-refractivity contribution in [1.82, 2.24) is 30.1 Å². The number of benzene rings is 1. The lowest BCUT2D eigenvalue weighted by Gasteiger charge is -2.28. The fraction of sp³-hybridized carbons (Fsp3) is 0.296. The van der Waals surface area contributed by atoms with Crippen LogP contribution in [0.2, 0.25) is 0 Å². The first kappa shape index (κ1) is 22.2. The van der Waals surface area contributed by atoms with Crippen molar-refractivity contribution >= 4 is 39.3 Å². The minimum atomic E-state index is -0.112. The first-order valence-corrected chi connectivity index (χ1v) is 12.4. The molecular formula is C27H28N8O. The Bertz CT molecular complexity index is 1560. The number of hydrogen-bond acceptors (Lipinski definition) is 6. The fourth-order valence-electron chi connectivity index (χ4n) is 4.72. The minimum absolute atomic E-state index is 0.0477. The fourth-order valence-corrected chi connectivity index (χ4v) is 4.72. The Kier molecular flexibility index (Phi) is 5.59. The van der Waals surface area contributed by atoms with Crippen molar-refractivity contribution in [3.05, 3.63) is 48.9 Å². The highest BCUT2D eigenvalue weighted by molar-refractivity contribution is 5.96. The van der Waals surface area contributed by atoms with Crippen LogP contribution in [0.25, 0.3) is 44.7 Å². The summed E-state index contributed by atoms with van der Waals surface area (Å²) in [7, 11) is 0. The molecule has 9 heteroatoms. The molecule has 1 saturated heterocycles. The molecule has 0 saturated carbocycles. The van der Waals surface area contributed by atoms with Crippen molar-refractivity contribution in [2.75, 3.05) is 23.3 Å². The second kappa shape index (κ2) is 9.07. The molecular weight excluding hydrogens is 452 g/mol. The van der Waals surface area contributed by atoms with Gasteiger partial charge < -0.3 is 15.2 Å². The highest BCUT2D eigenvalue weighted by atomic mass is 16.1. The Hall–Kier alpha value is -4.27. The van der Waals surface area contributed by atoms with Crippen molar-refractivity contribution in [2.24, 2.45) is 5.92 Å². The number of amides is 1. The summed E-state index contributed by atoms with van der Waals surface area (Å²) in [5, 5.41) is 11.3. The van der Waals surface area contributed by atoms with Gasteiger partial charge in [-0.05, 0) is 43.5 Å². The number of carbonyl (C=O) groups is 1. The van der Waals surface area contributed by atoms with E-state index in [1.165, 1.54) is 24.9 Å². The van der Waals surface area contributed by atoms with Gasteiger partial charge in [-0.25, -0.2) is 9.97 Å². The second-order valence-corrected chi connectivity index (χ2v) is 9.61. The van der Waals surface area contributed by atoms with Crippen molar-refractivity contribution in [1.29, 1.82) is 0 Å². The Morgan fingerprint density at radius 3 is 2.72 bits per heavy atom. The van der Waals surface area contributed by atoms with Gasteiger partial charge >= 0.3 is 0 Å². The van der Waals surface area contributed by atoms with Crippen LogP contribution in [0.4, 0.5) is 11.4 Å². The molecule has 1 fully saturated rings. The number of para-hydroxylation sites is 1. The maximum absolute atomic E-state index is 12.1. The number of fused-ring (bicyclic) bond motifs is 2. The maximum atomic E-state index is 12.1. The van der Waals surface area contributed by atoms with Gasteiger partial charge in [0.2, 0.25) is 5.91 Å². The zero-order chi connectivity index (χ0) is 24.6. The SMILES string of the molecule is CC(C)C(=O)Nc1cncc(-c2cnc3n[nH]c(-c4nc5c(N6CCCCC6)cccc5[nH]4)c3c2)c1.